The molecule has 0 amide bonds. The van der Waals surface area contributed by atoms with Crippen LogP contribution in [0.2, 0.25) is 0 Å². The van der Waals surface area contributed by atoms with Crippen molar-refractivity contribution in [1.29, 1.82) is 0 Å². The van der Waals surface area contributed by atoms with Gasteiger partial charge in [0.1, 0.15) is 5.82 Å². The summed E-state index contributed by atoms with van der Waals surface area (Å²) in [6.07, 6.45) is 1.76. The van der Waals surface area contributed by atoms with Crippen LogP contribution in [0.3, 0.4) is 0 Å². The van der Waals surface area contributed by atoms with Gasteiger partial charge in [0, 0.05) is 19.6 Å². The van der Waals surface area contributed by atoms with E-state index in [1.54, 1.807) is 14.1 Å². The van der Waals surface area contributed by atoms with Gasteiger partial charge in [0.15, 0.2) is 0 Å². The third-order valence-corrected chi connectivity index (χ3v) is 5.11. The lowest BCUT2D eigenvalue weighted by molar-refractivity contribution is 0.462. The standard InChI is InChI=1S/C12H17FN2O2S/c1-14-8-9-3-4-10(13)7-12(9)18(16,17)15(2)11-5-6-11/h3-4,7,11,14H,5-6,8H2,1-2H3. The van der Waals surface area contributed by atoms with E-state index in [4.69, 9.17) is 0 Å². The van der Waals surface area contributed by atoms with Gasteiger partial charge in [-0.05, 0) is 37.6 Å². The molecule has 1 aromatic carbocycles. The summed E-state index contributed by atoms with van der Waals surface area (Å²) in [4.78, 5) is 0.0613. The molecule has 0 aromatic heterocycles. The summed E-state index contributed by atoms with van der Waals surface area (Å²) >= 11 is 0. The Morgan fingerprint density at radius 2 is 2.11 bits per heavy atom. The van der Waals surface area contributed by atoms with Crippen LogP contribution in [0, 0.1) is 5.82 Å². The first-order chi connectivity index (χ1) is 8.46. The van der Waals surface area contributed by atoms with E-state index in [9.17, 15) is 12.8 Å². The van der Waals surface area contributed by atoms with Gasteiger partial charge < -0.3 is 5.32 Å². The number of nitrogens with zero attached hydrogens (tertiary/aromatic N) is 1. The lowest BCUT2D eigenvalue weighted by atomic mass is 10.2. The third kappa shape index (κ3) is 2.55. The van der Waals surface area contributed by atoms with Crippen molar-refractivity contribution in [1.82, 2.24) is 9.62 Å². The summed E-state index contributed by atoms with van der Waals surface area (Å²) in [5.41, 5.74) is 0.589. The smallest absolute Gasteiger partial charge is 0.243 e. The second-order valence-corrected chi connectivity index (χ2v) is 6.50. The van der Waals surface area contributed by atoms with Crippen LogP contribution in [0.1, 0.15) is 18.4 Å². The molecule has 18 heavy (non-hydrogen) atoms. The lowest BCUT2D eigenvalue weighted by Crippen LogP contribution is -2.30. The predicted molar refractivity (Wildman–Crippen MR) is 67.1 cm³/mol. The second kappa shape index (κ2) is 4.95. The molecule has 1 aromatic rings. The zero-order chi connectivity index (χ0) is 13.3. The highest BCUT2D eigenvalue weighted by Gasteiger charge is 2.36. The van der Waals surface area contributed by atoms with Gasteiger partial charge in [0.2, 0.25) is 10.0 Å². The van der Waals surface area contributed by atoms with E-state index in [1.807, 2.05) is 0 Å². The van der Waals surface area contributed by atoms with Gasteiger partial charge in [0.05, 0.1) is 4.90 Å². The van der Waals surface area contributed by atoms with Crippen molar-refractivity contribution in [3.63, 3.8) is 0 Å². The van der Waals surface area contributed by atoms with Crippen LogP contribution in [0.15, 0.2) is 23.1 Å². The van der Waals surface area contributed by atoms with E-state index in [1.165, 1.54) is 16.4 Å². The Morgan fingerprint density at radius 3 is 2.67 bits per heavy atom. The minimum Gasteiger partial charge on any atom is -0.316 e. The fourth-order valence-electron chi connectivity index (χ4n) is 1.89. The van der Waals surface area contributed by atoms with E-state index >= 15 is 0 Å². The highest BCUT2D eigenvalue weighted by atomic mass is 32.2. The molecule has 0 spiro atoms. The van der Waals surface area contributed by atoms with E-state index in [2.05, 4.69) is 5.32 Å². The predicted octanol–water partition coefficient (Wildman–Crippen LogP) is 1.33. The normalized spacial score (nSPS) is 16.2. The van der Waals surface area contributed by atoms with Crippen molar-refractivity contribution in [3.8, 4) is 0 Å². The van der Waals surface area contributed by atoms with Crippen molar-refractivity contribution < 1.29 is 12.8 Å². The number of hydrogen-bond acceptors (Lipinski definition) is 3. The minimum absolute atomic E-state index is 0.0613. The van der Waals surface area contributed by atoms with Crippen LogP contribution in [0.5, 0.6) is 0 Å². The Morgan fingerprint density at radius 1 is 1.44 bits per heavy atom. The molecule has 4 nitrogen and oxygen atoms in total. The van der Waals surface area contributed by atoms with Crippen molar-refractivity contribution in [2.24, 2.45) is 0 Å². The monoisotopic (exact) mass is 272 g/mol. The molecule has 0 aliphatic heterocycles. The Bertz CT molecular complexity index is 541. The molecule has 1 aliphatic rings. The molecule has 2 rings (SSSR count). The molecule has 0 heterocycles. The van der Waals surface area contributed by atoms with Gasteiger partial charge in [-0.25, -0.2) is 12.8 Å². The van der Waals surface area contributed by atoms with Gasteiger partial charge in [-0.1, -0.05) is 6.07 Å². The van der Waals surface area contributed by atoms with Crippen LogP contribution in [-0.4, -0.2) is 32.9 Å². The van der Waals surface area contributed by atoms with E-state index in [0.29, 0.717) is 12.1 Å². The zero-order valence-corrected chi connectivity index (χ0v) is 11.3. The van der Waals surface area contributed by atoms with Crippen LogP contribution in [0.4, 0.5) is 4.39 Å². The summed E-state index contributed by atoms with van der Waals surface area (Å²) in [6, 6.07) is 3.96. The van der Waals surface area contributed by atoms with Gasteiger partial charge >= 0.3 is 0 Å². The Balaban J connectivity index is 2.44. The fraction of sp³-hybridized carbons (Fsp3) is 0.500. The number of sulfonamides is 1. The van der Waals surface area contributed by atoms with Gasteiger partial charge in [-0.15, -0.1) is 0 Å². The van der Waals surface area contributed by atoms with E-state index < -0.39 is 15.8 Å². The van der Waals surface area contributed by atoms with Gasteiger partial charge in [0.25, 0.3) is 0 Å². The molecule has 0 atom stereocenters. The molecular formula is C12H17FN2O2S. The fourth-order valence-corrected chi connectivity index (χ4v) is 3.54. The van der Waals surface area contributed by atoms with Gasteiger partial charge in [-0.2, -0.15) is 4.31 Å². The summed E-state index contributed by atoms with van der Waals surface area (Å²) in [7, 11) is -0.315. The highest BCUT2D eigenvalue weighted by Crippen LogP contribution is 2.31. The molecular weight excluding hydrogens is 255 g/mol. The van der Waals surface area contributed by atoms with E-state index in [-0.39, 0.29) is 10.9 Å². The molecule has 0 bridgehead atoms. The first-order valence-corrected chi connectivity index (χ1v) is 7.32. The average Bonchev–Trinajstić information content (AvgIpc) is 3.14. The quantitative estimate of drug-likeness (QED) is 0.879. The number of hydrogen-bond donors (Lipinski definition) is 1. The van der Waals surface area contributed by atoms with Crippen LogP contribution >= 0.6 is 0 Å². The van der Waals surface area contributed by atoms with Crippen molar-refractivity contribution >= 4 is 10.0 Å². The molecule has 0 unspecified atom stereocenters. The molecule has 6 heteroatoms. The van der Waals surface area contributed by atoms with Crippen LogP contribution in [-0.2, 0) is 16.6 Å². The molecule has 1 N–H and O–H groups in total. The molecule has 0 saturated heterocycles. The maximum absolute atomic E-state index is 13.3. The number of benzene rings is 1. The maximum atomic E-state index is 13.3. The summed E-state index contributed by atoms with van der Waals surface area (Å²) < 4.78 is 39.4. The van der Waals surface area contributed by atoms with Crippen LogP contribution in [0.25, 0.3) is 0 Å². The van der Waals surface area contributed by atoms with Crippen molar-refractivity contribution in [2.75, 3.05) is 14.1 Å². The maximum Gasteiger partial charge on any atom is 0.243 e. The first kappa shape index (κ1) is 13.5. The second-order valence-electron chi connectivity index (χ2n) is 4.53. The first-order valence-electron chi connectivity index (χ1n) is 5.88. The number of halogens is 1. The summed E-state index contributed by atoms with van der Waals surface area (Å²) in [6.45, 7) is 0.396. The summed E-state index contributed by atoms with van der Waals surface area (Å²) in [5.74, 6) is -0.530. The number of nitrogens with one attached hydrogen (secondary N) is 1. The molecule has 0 radical (unpaired) electrons. The van der Waals surface area contributed by atoms with Crippen LogP contribution < -0.4 is 5.32 Å². The average molecular weight is 272 g/mol. The minimum atomic E-state index is -3.60. The lowest BCUT2D eigenvalue weighted by Gasteiger charge is -2.18. The molecule has 1 fully saturated rings. The highest BCUT2D eigenvalue weighted by molar-refractivity contribution is 7.89. The topological polar surface area (TPSA) is 49.4 Å². The van der Waals surface area contributed by atoms with E-state index in [0.717, 1.165) is 18.9 Å². The zero-order valence-electron chi connectivity index (χ0n) is 10.5. The van der Waals surface area contributed by atoms with Crippen molar-refractivity contribution in [3.05, 3.63) is 29.6 Å². The molecule has 100 valence electrons. The third-order valence-electron chi connectivity index (χ3n) is 3.11. The molecule has 1 saturated carbocycles. The summed E-state index contributed by atoms with van der Waals surface area (Å²) in [5, 5.41) is 2.89. The van der Waals surface area contributed by atoms with Gasteiger partial charge in [-0.3, -0.25) is 0 Å². The molecule has 1 aliphatic carbocycles. The Labute approximate surface area is 107 Å². The largest absolute Gasteiger partial charge is 0.316 e. The Kier molecular flexibility index (Phi) is 3.70. The number of rotatable bonds is 5. The van der Waals surface area contributed by atoms with Crippen molar-refractivity contribution in [2.45, 2.75) is 30.3 Å². The SMILES string of the molecule is CNCc1ccc(F)cc1S(=O)(=O)N(C)C1CC1. The Hall–Kier alpha value is -0.980.